The summed E-state index contributed by atoms with van der Waals surface area (Å²) in [6, 6.07) is 30.3. The van der Waals surface area contributed by atoms with E-state index in [0.717, 1.165) is 34.8 Å². The fourth-order valence-corrected chi connectivity index (χ4v) is 5.42. The SMILES string of the molecule is Brc1ccc(C2=Nc3c(c4ccccc4c4ccncc34)CCC2Cc2ccccc2)cc1. The number of hydrogen-bond donors (Lipinski definition) is 0. The predicted octanol–water partition coefficient (Wildman–Crippen LogP) is 8.08. The maximum Gasteiger partial charge on any atom is 0.0765 e. The molecule has 0 radical (unpaired) electrons. The summed E-state index contributed by atoms with van der Waals surface area (Å²) in [4.78, 5) is 9.94. The fraction of sp³-hybridized carbons (Fsp3) is 0.133. The zero-order valence-electron chi connectivity index (χ0n) is 18.2. The summed E-state index contributed by atoms with van der Waals surface area (Å²) in [5.74, 6) is 0.339. The van der Waals surface area contributed by atoms with Gasteiger partial charge < -0.3 is 0 Å². The highest BCUT2D eigenvalue weighted by atomic mass is 79.9. The summed E-state index contributed by atoms with van der Waals surface area (Å²) >= 11 is 3.59. The van der Waals surface area contributed by atoms with Crippen LogP contribution in [0.1, 0.15) is 23.1 Å². The van der Waals surface area contributed by atoms with Gasteiger partial charge in [0, 0.05) is 28.2 Å². The number of nitrogens with zero attached hydrogens (tertiary/aromatic N) is 2. The first-order valence-electron chi connectivity index (χ1n) is 11.4. The summed E-state index contributed by atoms with van der Waals surface area (Å²) in [5, 5.41) is 4.96. The molecule has 0 saturated heterocycles. The van der Waals surface area contributed by atoms with Crippen LogP contribution >= 0.6 is 15.9 Å². The van der Waals surface area contributed by atoms with E-state index in [1.54, 1.807) is 0 Å². The van der Waals surface area contributed by atoms with Crippen LogP contribution in [0.15, 0.2) is 107 Å². The van der Waals surface area contributed by atoms with Crippen molar-refractivity contribution in [2.24, 2.45) is 10.9 Å². The van der Waals surface area contributed by atoms with Crippen LogP contribution in [0, 0.1) is 5.92 Å². The Balaban J connectivity index is 1.60. The summed E-state index contributed by atoms with van der Waals surface area (Å²) in [5.41, 5.74) is 6.15. The number of pyridine rings is 1. The molecule has 2 heterocycles. The third kappa shape index (κ3) is 3.77. The minimum atomic E-state index is 0.339. The Morgan fingerprint density at radius 1 is 0.758 bits per heavy atom. The van der Waals surface area contributed by atoms with Crippen LogP contribution in [0.25, 0.3) is 21.5 Å². The first-order chi connectivity index (χ1) is 16.3. The lowest BCUT2D eigenvalue weighted by atomic mass is 9.86. The van der Waals surface area contributed by atoms with Crippen molar-refractivity contribution in [2.45, 2.75) is 19.3 Å². The average molecular weight is 491 g/mol. The minimum absolute atomic E-state index is 0.339. The normalized spacial score (nSPS) is 15.8. The molecule has 1 aromatic heterocycles. The first-order valence-corrected chi connectivity index (χ1v) is 12.2. The Kier molecular flexibility index (Phi) is 5.27. The molecule has 0 N–H and O–H groups in total. The second kappa shape index (κ2) is 8.57. The monoisotopic (exact) mass is 490 g/mol. The Bertz CT molecular complexity index is 1490. The lowest BCUT2D eigenvalue weighted by Gasteiger charge is -2.18. The van der Waals surface area contributed by atoms with Gasteiger partial charge in [0.15, 0.2) is 0 Å². The molecule has 0 spiro atoms. The number of fused-ring (bicyclic) bond motifs is 6. The Morgan fingerprint density at radius 2 is 1.48 bits per heavy atom. The van der Waals surface area contributed by atoms with E-state index in [1.807, 2.05) is 12.4 Å². The van der Waals surface area contributed by atoms with Crippen molar-refractivity contribution in [3.63, 3.8) is 0 Å². The molecule has 0 saturated carbocycles. The largest absolute Gasteiger partial charge is 0.264 e. The zero-order valence-corrected chi connectivity index (χ0v) is 19.8. The number of benzene rings is 4. The van der Waals surface area contributed by atoms with Crippen LogP contribution in [-0.2, 0) is 12.8 Å². The molecule has 3 heteroatoms. The molecule has 33 heavy (non-hydrogen) atoms. The van der Waals surface area contributed by atoms with E-state index < -0.39 is 0 Å². The molecule has 160 valence electrons. The molecule has 1 unspecified atom stereocenters. The quantitative estimate of drug-likeness (QED) is 0.234. The third-order valence-corrected chi connectivity index (χ3v) is 7.26. The van der Waals surface area contributed by atoms with Gasteiger partial charge in [-0.2, -0.15) is 0 Å². The highest BCUT2D eigenvalue weighted by Crippen LogP contribution is 2.42. The third-order valence-electron chi connectivity index (χ3n) is 6.73. The topological polar surface area (TPSA) is 25.2 Å². The van der Waals surface area contributed by atoms with E-state index in [-0.39, 0.29) is 0 Å². The lowest BCUT2D eigenvalue weighted by molar-refractivity contribution is 0.629. The van der Waals surface area contributed by atoms with Gasteiger partial charge in [-0.3, -0.25) is 9.98 Å². The molecule has 4 aromatic carbocycles. The zero-order chi connectivity index (χ0) is 22.2. The van der Waals surface area contributed by atoms with Gasteiger partial charge in [0.2, 0.25) is 0 Å². The van der Waals surface area contributed by atoms with Gasteiger partial charge >= 0.3 is 0 Å². The molecule has 1 atom stereocenters. The van der Waals surface area contributed by atoms with Crippen molar-refractivity contribution >= 4 is 48.9 Å². The Morgan fingerprint density at radius 3 is 2.30 bits per heavy atom. The summed E-state index contributed by atoms with van der Waals surface area (Å²) in [7, 11) is 0. The highest BCUT2D eigenvalue weighted by Gasteiger charge is 2.25. The van der Waals surface area contributed by atoms with Gasteiger partial charge in [0.25, 0.3) is 0 Å². The molecule has 5 aromatic rings. The number of hydrogen-bond acceptors (Lipinski definition) is 2. The Hall–Kier alpha value is -3.30. The van der Waals surface area contributed by atoms with Crippen LogP contribution in [-0.4, -0.2) is 10.7 Å². The average Bonchev–Trinajstić information content (AvgIpc) is 3.06. The van der Waals surface area contributed by atoms with Crippen LogP contribution in [0.5, 0.6) is 0 Å². The van der Waals surface area contributed by atoms with Crippen LogP contribution < -0.4 is 0 Å². The van der Waals surface area contributed by atoms with E-state index >= 15 is 0 Å². The van der Waals surface area contributed by atoms with E-state index in [9.17, 15) is 0 Å². The number of halogens is 1. The maximum atomic E-state index is 5.46. The van der Waals surface area contributed by atoms with Gasteiger partial charge in [-0.1, -0.05) is 82.7 Å². The summed E-state index contributed by atoms with van der Waals surface area (Å²) < 4.78 is 1.08. The number of aromatic nitrogens is 1. The molecule has 6 rings (SSSR count). The molecule has 0 bridgehead atoms. The minimum Gasteiger partial charge on any atom is -0.264 e. The van der Waals surface area contributed by atoms with Gasteiger partial charge in [-0.15, -0.1) is 0 Å². The highest BCUT2D eigenvalue weighted by molar-refractivity contribution is 9.10. The van der Waals surface area contributed by atoms with E-state index in [4.69, 9.17) is 4.99 Å². The number of aryl methyl sites for hydroxylation is 1. The van der Waals surface area contributed by atoms with Crippen molar-refractivity contribution in [1.29, 1.82) is 0 Å². The molecular formula is C30H23BrN2. The summed E-state index contributed by atoms with van der Waals surface area (Å²) in [6.07, 6.45) is 6.92. The number of aliphatic imine (C=N–C) groups is 1. The second-order valence-electron chi connectivity index (χ2n) is 8.72. The van der Waals surface area contributed by atoms with Crippen LogP contribution in [0.4, 0.5) is 5.69 Å². The predicted molar refractivity (Wildman–Crippen MR) is 142 cm³/mol. The summed E-state index contributed by atoms with van der Waals surface area (Å²) in [6.45, 7) is 0. The van der Waals surface area contributed by atoms with E-state index in [2.05, 4.69) is 106 Å². The van der Waals surface area contributed by atoms with Crippen molar-refractivity contribution in [3.8, 4) is 0 Å². The van der Waals surface area contributed by atoms with Crippen LogP contribution in [0.2, 0.25) is 0 Å². The molecular weight excluding hydrogens is 468 g/mol. The smallest absolute Gasteiger partial charge is 0.0765 e. The standard InChI is InChI=1S/C30H23BrN2/c31-23-13-10-21(11-14-23)29-22(18-20-6-2-1-3-7-20)12-15-27-25-9-5-4-8-24(25)26-16-17-32-19-28(26)30(27)33-29/h1-11,13-14,16-17,19,22H,12,15,18H2. The molecule has 0 aliphatic carbocycles. The van der Waals surface area contributed by atoms with E-state index in [0.29, 0.717) is 5.92 Å². The molecule has 1 aliphatic rings. The second-order valence-corrected chi connectivity index (χ2v) is 9.64. The number of rotatable bonds is 3. The van der Waals surface area contributed by atoms with E-state index in [1.165, 1.54) is 38.6 Å². The van der Waals surface area contributed by atoms with Gasteiger partial charge in [-0.25, -0.2) is 0 Å². The van der Waals surface area contributed by atoms with Gasteiger partial charge in [0.05, 0.1) is 11.4 Å². The van der Waals surface area contributed by atoms with Crippen LogP contribution in [0.3, 0.4) is 0 Å². The first kappa shape index (κ1) is 20.3. The molecule has 2 nitrogen and oxygen atoms in total. The van der Waals surface area contributed by atoms with Crippen molar-refractivity contribution in [1.82, 2.24) is 4.98 Å². The lowest BCUT2D eigenvalue weighted by Crippen LogP contribution is -2.18. The Labute approximate surface area is 202 Å². The van der Waals surface area contributed by atoms with Gasteiger partial charge in [-0.05, 0) is 70.3 Å². The molecule has 0 fully saturated rings. The molecule has 1 aliphatic heterocycles. The van der Waals surface area contributed by atoms with Crippen molar-refractivity contribution < 1.29 is 0 Å². The van der Waals surface area contributed by atoms with Crippen molar-refractivity contribution in [3.05, 3.63) is 118 Å². The maximum absolute atomic E-state index is 5.46. The molecule has 0 amide bonds. The fourth-order valence-electron chi connectivity index (χ4n) is 5.16. The van der Waals surface area contributed by atoms with Crippen molar-refractivity contribution in [2.75, 3.05) is 0 Å². The van der Waals surface area contributed by atoms with Gasteiger partial charge in [0.1, 0.15) is 0 Å².